The molecule has 0 saturated carbocycles. The van der Waals surface area contributed by atoms with Gasteiger partial charge in [-0.2, -0.15) is 5.10 Å². The maximum absolute atomic E-state index is 5.41. The van der Waals surface area contributed by atoms with Crippen LogP contribution >= 0.6 is 23.6 Å². The van der Waals surface area contributed by atoms with Gasteiger partial charge in [0.1, 0.15) is 5.01 Å². The summed E-state index contributed by atoms with van der Waals surface area (Å²) in [4.78, 5) is 5.57. The number of ether oxygens (including phenoxy) is 3. The predicted molar refractivity (Wildman–Crippen MR) is 104 cm³/mol. The van der Waals surface area contributed by atoms with Crippen LogP contribution in [0.3, 0.4) is 0 Å². The Kier molecular flexibility index (Phi) is 6.16. The van der Waals surface area contributed by atoms with Crippen molar-refractivity contribution in [3.05, 3.63) is 22.7 Å². The van der Waals surface area contributed by atoms with Crippen LogP contribution in [0.4, 0.5) is 0 Å². The Bertz CT molecular complexity index is 793. The van der Waals surface area contributed by atoms with E-state index in [9.17, 15) is 0 Å². The number of methoxy groups -OCH3 is 3. The molecule has 1 heterocycles. The summed E-state index contributed by atoms with van der Waals surface area (Å²) in [6, 6.07) is 3.73. The molecule has 0 bridgehead atoms. The van der Waals surface area contributed by atoms with Crippen LogP contribution in [0.2, 0.25) is 0 Å². The van der Waals surface area contributed by atoms with E-state index in [0.29, 0.717) is 17.2 Å². The number of hydrazone groups is 1. The summed E-state index contributed by atoms with van der Waals surface area (Å²) in [6.45, 7) is 3.79. The van der Waals surface area contributed by atoms with Crippen molar-refractivity contribution in [1.82, 2.24) is 10.4 Å². The quantitative estimate of drug-likeness (QED) is 0.452. The topological polar surface area (TPSA) is 91.0 Å². The fourth-order valence-corrected chi connectivity index (χ4v) is 3.29. The highest BCUT2D eigenvalue weighted by Crippen LogP contribution is 2.42. The third kappa shape index (κ3) is 4.18. The minimum absolute atomic E-state index is 0.117. The molecule has 0 radical (unpaired) electrons. The maximum atomic E-state index is 5.41. The maximum Gasteiger partial charge on any atom is 0.203 e. The van der Waals surface area contributed by atoms with Gasteiger partial charge >= 0.3 is 0 Å². The van der Waals surface area contributed by atoms with E-state index in [4.69, 9.17) is 32.2 Å². The molecule has 7 nitrogen and oxygen atoms in total. The van der Waals surface area contributed by atoms with E-state index in [1.54, 1.807) is 21.3 Å². The zero-order valence-electron chi connectivity index (χ0n) is 14.7. The van der Waals surface area contributed by atoms with Crippen molar-refractivity contribution in [1.29, 1.82) is 0 Å². The minimum Gasteiger partial charge on any atom is -0.493 e. The third-order valence-corrected chi connectivity index (χ3v) is 4.78. The van der Waals surface area contributed by atoms with Crippen LogP contribution in [0.25, 0.3) is 10.6 Å². The molecule has 0 amide bonds. The number of aryl methyl sites for hydroxylation is 1. The Hall–Kier alpha value is -2.39. The highest BCUT2D eigenvalue weighted by atomic mass is 32.1. The number of rotatable bonds is 6. The van der Waals surface area contributed by atoms with Crippen molar-refractivity contribution in [3.63, 3.8) is 0 Å². The number of nitrogens with one attached hydrogen (secondary N) is 1. The van der Waals surface area contributed by atoms with Crippen molar-refractivity contribution < 1.29 is 14.2 Å². The van der Waals surface area contributed by atoms with Gasteiger partial charge in [0, 0.05) is 5.56 Å². The lowest BCUT2D eigenvalue weighted by molar-refractivity contribution is 0.324. The molecule has 0 aliphatic carbocycles. The fraction of sp³-hybridized carbons (Fsp3) is 0.312. The number of benzene rings is 1. The van der Waals surface area contributed by atoms with Crippen molar-refractivity contribution in [3.8, 4) is 27.8 Å². The molecule has 0 fully saturated rings. The van der Waals surface area contributed by atoms with E-state index in [2.05, 4.69) is 15.5 Å². The van der Waals surface area contributed by atoms with Crippen LogP contribution in [0.5, 0.6) is 17.2 Å². The van der Waals surface area contributed by atoms with E-state index in [0.717, 1.165) is 26.9 Å². The summed E-state index contributed by atoms with van der Waals surface area (Å²) < 4.78 is 16.2. The van der Waals surface area contributed by atoms with Crippen molar-refractivity contribution in [2.75, 3.05) is 21.3 Å². The molecule has 0 saturated heterocycles. The molecule has 25 heavy (non-hydrogen) atoms. The molecule has 0 unspecified atom stereocenters. The van der Waals surface area contributed by atoms with Gasteiger partial charge in [-0.3, -0.25) is 5.43 Å². The van der Waals surface area contributed by atoms with Crippen molar-refractivity contribution in [2.24, 2.45) is 10.8 Å². The molecule has 0 aliphatic heterocycles. The number of nitrogens with two attached hydrogens (primary N) is 1. The van der Waals surface area contributed by atoms with Gasteiger partial charge in [0.25, 0.3) is 0 Å². The highest BCUT2D eigenvalue weighted by molar-refractivity contribution is 7.80. The number of hydrogen-bond acceptors (Lipinski definition) is 7. The summed E-state index contributed by atoms with van der Waals surface area (Å²) in [7, 11) is 4.73. The normalized spacial score (nSPS) is 11.2. The van der Waals surface area contributed by atoms with E-state index < -0.39 is 0 Å². The van der Waals surface area contributed by atoms with Crippen LogP contribution in [0.1, 0.15) is 17.5 Å². The van der Waals surface area contributed by atoms with Crippen molar-refractivity contribution >= 4 is 34.4 Å². The number of thiocarbonyl (C=S) groups is 1. The molecule has 134 valence electrons. The van der Waals surface area contributed by atoms with Crippen LogP contribution in [0.15, 0.2) is 17.2 Å². The molecule has 0 aliphatic rings. The van der Waals surface area contributed by atoms with Gasteiger partial charge < -0.3 is 19.9 Å². The Balaban J connectivity index is 2.48. The van der Waals surface area contributed by atoms with Crippen LogP contribution < -0.4 is 25.4 Å². The van der Waals surface area contributed by atoms with E-state index in [1.807, 2.05) is 26.0 Å². The molecule has 1 aromatic carbocycles. The number of hydrogen-bond donors (Lipinski definition) is 2. The average Bonchev–Trinajstić information content (AvgIpc) is 3.00. The zero-order chi connectivity index (χ0) is 18.6. The van der Waals surface area contributed by atoms with Gasteiger partial charge in [0.2, 0.25) is 5.75 Å². The lowest BCUT2D eigenvalue weighted by Gasteiger charge is -2.13. The lowest BCUT2D eigenvalue weighted by atomic mass is 10.2. The monoisotopic (exact) mass is 380 g/mol. The number of nitrogens with zero attached hydrogens (tertiary/aromatic N) is 2. The lowest BCUT2D eigenvalue weighted by Crippen LogP contribution is -2.25. The number of aromatic nitrogens is 1. The Morgan fingerprint density at radius 2 is 1.80 bits per heavy atom. The smallest absolute Gasteiger partial charge is 0.203 e. The largest absolute Gasteiger partial charge is 0.493 e. The van der Waals surface area contributed by atoms with Crippen LogP contribution in [0, 0.1) is 6.92 Å². The fourth-order valence-electron chi connectivity index (χ4n) is 2.25. The second-order valence-electron chi connectivity index (χ2n) is 5.02. The van der Waals surface area contributed by atoms with Gasteiger partial charge in [-0.1, -0.05) is 0 Å². The molecule has 0 spiro atoms. The van der Waals surface area contributed by atoms with E-state index in [1.165, 1.54) is 11.3 Å². The first kappa shape index (κ1) is 18.9. The molecule has 1 aromatic heterocycles. The molecule has 9 heteroatoms. The zero-order valence-corrected chi connectivity index (χ0v) is 16.3. The molecule has 0 atom stereocenters. The van der Waals surface area contributed by atoms with Gasteiger partial charge in [0.05, 0.1) is 37.6 Å². The van der Waals surface area contributed by atoms with E-state index in [-0.39, 0.29) is 5.11 Å². The van der Waals surface area contributed by atoms with Gasteiger partial charge in [-0.15, -0.1) is 11.3 Å². The average molecular weight is 380 g/mol. The Morgan fingerprint density at radius 1 is 1.20 bits per heavy atom. The van der Waals surface area contributed by atoms with E-state index >= 15 is 0 Å². The van der Waals surface area contributed by atoms with Gasteiger partial charge in [-0.05, 0) is 38.2 Å². The molecular formula is C16H20N4O3S2. The summed E-state index contributed by atoms with van der Waals surface area (Å²) in [5.41, 5.74) is 10.5. The summed E-state index contributed by atoms with van der Waals surface area (Å²) >= 11 is 6.27. The second-order valence-corrected chi connectivity index (χ2v) is 6.46. The third-order valence-electron chi connectivity index (χ3n) is 3.37. The Morgan fingerprint density at radius 3 is 2.28 bits per heavy atom. The van der Waals surface area contributed by atoms with Crippen LogP contribution in [-0.2, 0) is 0 Å². The summed E-state index contributed by atoms with van der Waals surface area (Å²) in [5.74, 6) is 1.69. The predicted octanol–water partition coefficient (Wildman–Crippen LogP) is 2.70. The van der Waals surface area contributed by atoms with Crippen LogP contribution in [-0.4, -0.2) is 37.1 Å². The highest BCUT2D eigenvalue weighted by Gasteiger charge is 2.18. The van der Waals surface area contributed by atoms with Gasteiger partial charge in [0.15, 0.2) is 16.6 Å². The first-order valence-electron chi connectivity index (χ1n) is 7.29. The number of thiazole rings is 1. The molecule has 3 N–H and O–H groups in total. The SMILES string of the molecule is COc1cc(-c2nc(C)c(C(C)=NNC(N)=S)s2)cc(OC)c1OC. The first-order chi connectivity index (χ1) is 11.9. The van der Waals surface area contributed by atoms with Crippen molar-refractivity contribution in [2.45, 2.75) is 13.8 Å². The molecule has 2 rings (SSSR count). The summed E-state index contributed by atoms with van der Waals surface area (Å²) in [6.07, 6.45) is 0. The first-order valence-corrected chi connectivity index (χ1v) is 8.51. The molecular weight excluding hydrogens is 360 g/mol. The molecule has 2 aromatic rings. The second kappa shape index (κ2) is 8.13. The minimum atomic E-state index is 0.117. The van der Waals surface area contributed by atoms with Gasteiger partial charge in [-0.25, -0.2) is 4.98 Å². The summed E-state index contributed by atoms with van der Waals surface area (Å²) in [5, 5.41) is 5.09. The standard InChI is InChI=1S/C16H20N4O3S2/c1-8-14(9(2)19-20-16(17)24)25-15(18-8)10-6-11(21-3)13(23-5)12(7-10)22-4/h6-7H,1-5H3,(H3,17,20,24). The Labute approximate surface area is 155 Å².